The highest BCUT2D eigenvalue weighted by Gasteiger charge is 2.16. The maximum absolute atomic E-state index is 11.5. The fourth-order valence-corrected chi connectivity index (χ4v) is 2.03. The van der Waals surface area contributed by atoms with Crippen LogP contribution in [0.3, 0.4) is 0 Å². The Hall–Kier alpha value is -1.81. The van der Waals surface area contributed by atoms with Gasteiger partial charge in [-0.25, -0.2) is 0 Å². The maximum Gasteiger partial charge on any atom is 0.327 e. The Morgan fingerprint density at radius 3 is 2.68 bits per heavy atom. The van der Waals surface area contributed by atoms with Gasteiger partial charge in [-0.05, 0) is 13.8 Å². The lowest BCUT2D eigenvalue weighted by Crippen LogP contribution is -2.15. The summed E-state index contributed by atoms with van der Waals surface area (Å²) in [5, 5.41) is 4.95. The van der Waals surface area contributed by atoms with Crippen LogP contribution in [0, 0.1) is 6.92 Å². The number of hydrogen-bond acceptors (Lipinski definition) is 3. The van der Waals surface area contributed by atoms with Gasteiger partial charge >= 0.3 is 5.97 Å². The van der Waals surface area contributed by atoms with E-state index in [9.17, 15) is 4.79 Å². The van der Waals surface area contributed by atoms with Crippen LogP contribution in [-0.2, 0) is 16.1 Å². The second-order valence-electron chi connectivity index (χ2n) is 4.08. The van der Waals surface area contributed by atoms with E-state index in [0.717, 1.165) is 11.3 Å². The van der Waals surface area contributed by atoms with Gasteiger partial charge in [-0.1, -0.05) is 41.9 Å². The van der Waals surface area contributed by atoms with Gasteiger partial charge in [0.05, 0.1) is 17.3 Å². The van der Waals surface area contributed by atoms with Gasteiger partial charge < -0.3 is 4.74 Å². The Labute approximate surface area is 116 Å². The predicted molar refractivity (Wildman–Crippen MR) is 74.0 cm³/mol. The highest BCUT2D eigenvalue weighted by Crippen LogP contribution is 2.29. The van der Waals surface area contributed by atoms with Crippen molar-refractivity contribution in [3.63, 3.8) is 0 Å². The molecule has 0 aliphatic heterocycles. The molecule has 0 N–H and O–H groups in total. The minimum absolute atomic E-state index is 0.0756. The first-order chi connectivity index (χ1) is 9.13. The largest absolute Gasteiger partial charge is 0.465 e. The monoisotopic (exact) mass is 278 g/mol. The number of carbonyl (C=O) groups is 1. The van der Waals surface area contributed by atoms with Crippen LogP contribution in [-0.4, -0.2) is 22.4 Å². The topological polar surface area (TPSA) is 44.1 Å². The normalized spacial score (nSPS) is 10.5. The molecule has 0 unspecified atom stereocenters. The number of esters is 1. The Balaban J connectivity index is 2.31. The van der Waals surface area contributed by atoms with Gasteiger partial charge in [-0.2, -0.15) is 5.10 Å². The van der Waals surface area contributed by atoms with Crippen molar-refractivity contribution in [2.24, 2.45) is 0 Å². The Bertz CT molecular complexity index is 579. The molecule has 5 heteroatoms. The van der Waals surface area contributed by atoms with Crippen molar-refractivity contribution in [1.29, 1.82) is 0 Å². The van der Waals surface area contributed by atoms with Crippen LogP contribution in [0.15, 0.2) is 30.3 Å². The first-order valence-corrected chi connectivity index (χ1v) is 6.45. The molecule has 0 aliphatic carbocycles. The Morgan fingerprint density at radius 1 is 1.37 bits per heavy atom. The van der Waals surface area contributed by atoms with Crippen molar-refractivity contribution in [1.82, 2.24) is 9.78 Å². The highest BCUT2D eigenvalue weighted by atomic mass is 35.5. The van der Waals surface area contributed by atoms with E-state index in [1.807, 2.05) is 37.3 Å². The van der Waals surface area contributed by atoms with E-state index in [2.05, 4.69) is 5.10 Å². The summed E-state index contributed by atoms with van der Waals surface area (Å²) in [7, 11) is 0. The molecular weight excluding hydrogens is 264 g/mol. The molecule has 0 amide bonds. The summed E-state index contributed by atoms with van der Waals surface area (Å²) in [6, 6.07) is 9.64. The average molecular weight is 279 g/mol. The van der Waals surface area contributed by atoms with E-state index in [4.69, 9.17) is 16.3 Å². The number of ether oxygens (including phenoxy) is 1. The van der Waals surface area contributed by atoms with Crippen LogP contribution >= 0.6 is 11.6 Å². The minimum Gasteiger partial charge on any atom is -0.465 e. The van der Waals surface area contributed by atoms with Gasteiger partial charge in [-0.15, -0.1) is 0 Å². The lowest BCUT2D eigenvalue weighted by Gasteiger charge is -2.03. The van der Waals surface area contributed by atoms with Crippen molar-refractivity contribution in [3.8, 4) is 11.3 Å². The molecule has 0 fully saturated rings. The number of halogens is 1. The lowest BCUT2D eigenvalue weighted by atomic mass is 10.1. The Morgan fingerprint density at radius 2 is 2.05 bits per heavy atom. The molecule has 0 saturated heterocycles. The summed E-state index contributed by atoms with van der Waals surface area (Å²) in [5.74, 6) is -0.315. The molecule has 0 aliphatic rings. The van der Waals surface area contributed by atoms with Crippen molar-refractivity contribution in [2.75, 3.05) is 6.61 Å². The van der Waals surface area contributed by atoms with Crippen molar-refractivity contribution >= 4 is 17.6 Å². The fourth-order valence-electron chi connectivity index (χ4n) is 1.79. The second kappa shape index (κ2) is 5.89. The van der Waals surface area contributed by atoms with Gasteiger partial charge in [-0.3, -0.25) is 9.48 Å². The first kappa shape index (κ1) is 13.6. The molecular formula is C14H15ClN2O2. The predicted octanol–water partition coefficient (Wildman–Crippen LogP) is 3.08. The molecule has 1 heterocycles. The van der Waals surface area contributed by atoms with Crippen molar-refractivity contribution in [3.05, 3.63) is 41.0 Å². The number of hydrogen-bond donors (Lipinski definition) is 0. The van der Waals surface area contributed by atoms with E-state index in [0.29, 0.717) is 17.3 Å². The van der Waals surface area contributed by atoms with Gasteiger partial charge in [0.2, 0.25) is 0 Å². The standard InChI is InChI=1S/C14H15ClN2O2/c1-3-19-12(18)9-17-10(2)13(15)14(16-17)11-7-5-4-6-8-11/h4-8H,3,9H2,1-2H3. The smallest absolute Gasteiger partial charge is 0.327 e. The van der Waals surface area contributed by atoms with Crippen molar-refractivity contribution in [2.45, 2.75) is 20.4 Å². The summed E-state index contributed by atoms with van der Waals surface area (Å²) in [6.07, 6.45) is 0. The molecule has 0 bridgehead atoms. The molecule has 0 radical (unpaired) electrons. The summed E-state index contributed by atoms with van der Waals surface area (Å²) < 4.78 is 6.48. The SMILES string of the molecule is CCOC(=O)Cn1nc(-c2ccccc2)c(Cl)c1C. The third-order valence-electron chi connectivity index (χ3n) is 2.76. The van der Waals surface area contributed by atoms with Crippen LogP contribution < -0.4 is 0 Å². The van der Waals surface area contributed by atoms with Gasteiger partial charge in [0.15, 0.2) is 0 Å². The van der Waals surface area contributed by atoms with Crippen LogP contribution in [0.2, 0.25) is 5.02 Å². The second-order valence-corrected chi connectivity index (χ2v) is 4.45. The molecule has 19 heavy (non-hydrogen) atoms. The van der Waals surface area contributed by atoms with E-state index < -0.39 is 0 Å². The quantitative estimate of drug-likeness (QED) is 0.807. The number of nitrogens with zero attached hydrogens (tertiary/aromatic N) is 2. The van der Waals surface area contributed by atoms with Crippen LogP contribution in [0.4, 0.5) is 0 Å². The average Bonchev–Trinajstić information content (AvgIpc) is 2.68. The van der Waals surface area contributed by atoms with E-state index in [1.54, 1.807) is 11.6 Å². The molecule has 1 aromatic heterocycles. The van der Waals surface area contributed by atoms with E-state index in [-0.39, 0.29) is 12.5 Å². The van der Waals surface area contributed by atoms with Crippen molar-refractivity contribution < 1.29 is 9.53 Å². The molecule has 4 nitrogen and oxygen atoms in total. The maximum atomic E-state index is 11.5. The fraction of sp³-hybridized carbons (Fsp3) is 0.286. The summed E-state index contributed by atoms with van der Waals surface area (Å²) in [5.41, 5.74) is 2.37. The third kappa shape index (κ3) is 2.96. The molecule has 0 atom stereocenters. The summed E-state index contributed by atoms with van der Waals surface area (Å²) in [6.45, 7) is 4.04. The zero-order chi connectivity index (χ0) is 13.8. The summed E-state index contributed by atoms with van der Waals surface area (Å²) >= 11 is 6.27. The van der Waals surface area contributed by atoms with E-state index >= 15 is 0 Å². The molecule has 0 spiro atoms. The number of aromatic nitrogens is 2. The molecule has 0 saturated carbocycles. The highest BCUT2D eigenvalue weighted by molar-refractivity contribution is 6.33. The molecule has 1 aromatic carbocycles. The Kier molecular flexibility index (Phi) is 4.22. The van der Waals surface area contributed by atoms with Gasteiger partial charge in [0, 0.05) is 5.56 Å². The number of benzene rings is 1. The van der Waals surface area contributed by atoms with Gasteiger partial charge in [0.25, 0.3) is 0 Å². The number of carbonyl (C=O) groups excluding carboxylic acids is 1. The lowest BCUT2D eigenvalue weighted by molar-refractivity contribution is -0.144. The molecule has 100 valence electrons. The molecule has 2 aromatic rings. The third-order valence-corrected chi connectivity index (χ3v) is 3.22. The number of rotatable bonds is 4. The van der Waals surface area contributed by atoms with Crippen LogP contribution in [0.25, 0.3) is 11.3 Å². The van der Waals surface area contributed by atoms with Crippen LogP contribution in [0.5, 0.6) is 0 Å². The minimum atomic E-state index is -0.315. The molecule has 2 rings (SSSR count). The zero-order valence-corrected chi connectivity index (χ0v) is 11.6. The zero-order valence-electron chi connectivity index (χ0n) is 10.9. The van der Waals surface area contributed by atoms with Gasteiger partial charge in [0.1, 0.15) is 12.2 Å². The first-order valence-electron chi connectivity index (χ1n) is 6.07. The summed E-state index contributed by atoms with van der Waals surface area (Å²) in [4.78, 5) is 11.5. The van der Waals surface area contributed by atoms with Crippen LogP contribution in [0.1, 0.15) is 12.6 Å². The van der Waals surface area contributed by atoms with E-state index in [1.165, 1.54) is 0 Å².